The number of hydrogen-bond acceptors (Lipinski definition) is 4. The Balaban J connectivity index is 2.77. The van der Waals surface area contributed by atoms with Crippen LogP contribution in [-0.2, 0) is 20.6 Å². The van der Waals surface area contributed by atoms with E-state index in [4.69, 9.17) is 0 Å². The van der Waals surface area contributed by atoms with Crippen molar-refractivity contribution in [2.45, 2.75) is 6.54 Å². The summed E-state index contributed by atoms with van der Waals surface area (Å²) in [5, 5.41) is 0. The number of benzene rings is 1. The zero-order valence-corrected chi connectivity index (χ0v) is 15.0. The van der Waals surface area contributed by atoms with Crippen molar-refractivity contribution in [1.29, 1.82) is 0 Å². The predicted molar refractivity (Wildman–Crippen MR) is 91.9 cm³/mol. The van der Waals surface area contributed by atoms with E-state index in [0.29, 0.717) is 17.8 Å². The molecule has 0 spiro atoms. The second kappa shape index (κ2) is 6.64. The van der Waals surface area contributed by atoms with Gasteiger partial charge in [0.2, 0.25) is 0 Å². The standard InChI is InChI=1S/C16H18BrN3O3/c1-18(2)9-12-13(15(22)20(4)16(23)19(12)3)14(21)10-6-5-7-11(17)8-10/h5-8H,9H2,1-4H3. The molecule has 7 heteroatoms. The largest absolute Gasteiger partial charge is 0.330 e. The molecule has 0 amide bonds. The first-order valence-electron chi connectivity index (χ1n) is 6.98. The average Bonchev–Trinajstić information content (AvgIpc) is 2.50. The Hall–Kier alpha value is -1.99. The van der Waals surface area contributed by atoms with Gasteiger partial charge in [-0.15, -0.1) is 0 Å². The van der Waals surface area contributed by atoms with E-state index in [1.807, 2.05) is 19.0 Å². The maximum absolute atomic E-state index is 12.9. The van der Waals surface area contributed by atoms with E-state index < -0.39 is 11.2 Å². The molecular formula is C16H18BrN3O3. The van der Waals surface area contributed by atoms with Crippen molar-refractivity contribution in [2.75, 3.05) is 14.1 Å². The van der Waals surface area contributed by atoms with Crippen LogP contribution in [0.1, 0.15) is 21.6 Å². The van der Waals surface area contributed by atoms with Gasteiger partial charge in [0.25, 0.3) is 5.56 Å². The zero-order valence-electron chi connectivity index (χ0n) is 13.5. The number of halogens is 1. The van der Waals surface area contributed by atoms with E-state index in [1.54, 1.807) is 31.3 Å². The van der Waals surface area contributed by atoms with Gasteiger partial charge in [0.1, 0.15) is 5.56 Å². The van der Waals surface area contributed by atoms with Crippen LogP contribution in [0, 0.1) is 0 Å². The molecule has 6 nitrogen and oxygen atoms in total. The second-order valence-electron chi connectivity index (χ2n) is 5.60. The Kier molecular flexibility index (Phi) is 5.01. The van der Waals surface area contributed by atoms with Gasteiger partial charge < -0.3 is 4.90 Å². The van der Waals surface area contributed by atoms with Crippen molar-refractivity contribution in [1.82, 2.24) is 14.0 Å². The lowest BCUT2D eigenvalue weighted by Crippen LogP contribution is -2.43. The Morgan fingerprint density at radius 3 is 2.39 bits per heavy atom. The van der Waals surface area contributed by atoms with Crippen molar-refractivity contribution < 1.29 is 4.79 Å². The molecule has 1 heterocycles. The molecule has 122 valence electrons. The van der Waals surface area contributed by atoms with Gasteiger partial charge in [-0.2, -0.15) is 0 Å². The molecule has 0 aliphatic heterocycles. The normalized spacial score (nSPS) is 11.0. The van der Waals surface area contributed by atoms with Crippen molar-refractivity contribution in [3.05, 3.63) is 66.4 Å². The van der Waals surface area contributed by atoms with E-state index in [-0.39, 0.29) is 11.3 Å². The van der Waals surface area contributed by atoms with Gasteiger partial charge in [0.15, 0.2) is 5.78 Å². The maximum atomic E-state index is 12.9. The zero-order chi connectivity index (χ0) is 17.3. The van der Waals surface area contributed by atoms with Crippen LogP contribution in [0.3, 0.4) is 0 Å². The van der Waals surface area contributed by atoms with Crippen LogP contribution in [0.5, 0.6) is 0 Å². The molecule has 0 radical (unpaired) electrons. The molecule has 2 aromatic rings. The molecule has 0 aliphatic rings. The summed E-state index contributed by atoms with van der Waals surface area (Å²) in [6, 6.07) is 6.84. The van der Waals surface area contributed by atoms with E-state index in [9.17, 15) is 14.4 Å². The minimum atomic E-state index is -0.574. The fourth-order valence-electron chi connectivity index (χ4n) is 2.37. The number of nitrogens with zero attached hydrogens (tertiary/aromatic N) is 3. The molecule has 0 atom stereocenters. The van der Waals surface area contributed by atoms with E-state index in [1.165, 1.54) is 11.6 Å². The van der Waals surface area contributed by atoms with Gasteiger partial charge in [-0.3, -0.25) is 18.7 Å². The number of ketones is 1. The maximum Gasteiger partial charge on any atom is 0.330 e. The highest BCUT2D eigenvalue weighted by Crippen LogP contribution is 2.16. The fraction of sp³-hybridized carbons (Fsp3) is 0.312. The number of hydrogen-bond donors (Lipinski definition) is 0. The topological polar surface area (TPSA) is 64.3 Å². The third-order valence-corrected chi connectivity index (χ3v) is 4.06. The number of rotatable bonds is 4. The highest BCUT2D eigenvalue weighted by atomic mass is 79.9. The van der Waals surface area contributed by atoms with Gasteiger partial charge in [-0.1, -0.05) is 28.1 Å². The lowest BCUT2D eigenvalue weighted by Gasteiger charge is -2.17. The summed E-state index contributed by atoms with van der Waals surface area (Å²) in [4.78, 5) is 39.4. The smallest absolute Gasteiger partial charge is 0.304 e. The van der Waals surface area contributed by atoms with Crippen LogP contribution in [0.2, 0.25) is 0 Å². The lowest BCUT2D eigenvalue weighted by atomic mass is 10.0. The summed E-state index contributed by atoms with van der Waals surface area (Å²) in [6.45, 7) is 0.316. The molecule has 1 aromatic heterocycles. The minimum absolute atomic E-state index is 0.0291. The van der Waals surface area contributed by atoms with Crippen LogP contribution < -0.4 is 11.2 Å². The number of carbonyl (C=O) groups is 1. The molecule has 0 N–H and O–H groups in total. The number of carbonyl (C=O) groups excluding carboxylic acids is 1. The van der Waals surface area contributed by atoms with Gasteiger partial charge in [-0.25, -0.2) is 4.79 Å². The van der Waals surface area contributed by atoms with E-state index >= 15 is 0 Å². The Morgan fingerprint density at radius 2 is 1.83 bits per heavy atom. The van der Waals surface area contributed by atoms with Crippen LogP contribution in [0.15, 0.2) is 38.3 Å². The van der Waals surface area contributed by atoms with Gasteiger partial charge >= 0.3 is 5.69 Å². The molecule has 0 saturated carbocycles. The van der Waals surface area contributed by atoms with Crippen LogP contribution >= 0.6 is 15.9 Å². The minimum Gasteiger partial charge on any atom is -0.304 e. The first-order valence-corrected chi connectivity index (χ1v) is 7.77. The van der Waals surface area contributed by atoms with Crippen molar-refractivity contribution >= 4 is 21.7 Å². The van der Waals surface area contributed by atoms with Gasteiger partial charge in [0, 0.05) is 30.7 Å². The molecule has 0 fully saturated rings. The fourth-order valence-corrected chi connectivity index (χ4v) is 2.77. The predicted octanol–water partition coefficient (Wildman–Crippen LogP) is 1.14. The molecular weight excluding hydrogens is 362 g/mol. The van der Waals surface area contributed by atoms with Crippen molar-refractivity contribution in [3.8, 4) is 0 Å². The quantitative estimate of drug-likeness (QED) is 0.747. The molecule has 0 saturated heterocycles. The molecule has 0 unspecified atom stereocenters. The monoisotopic (exact) mass is 379 g/mol. The highest BCUT2D eigenvalue weighted by Gasteiger charge is 2.23. The summed E-state index contributed by atoms with van der Waals surface area (Å²) >= 11 is 3.32. The first-order chi connectivity index (χ1) is 10.7. The third-order valence-electron chi connectivity index (χ3n) is 3.57. The third kappa shape index (κ3) is 3.35. The average molecular weight is 380 g/mol. The molecule has 0 aliphatic carbocycles. The first kappa shape index (κ1) is 17.4. The summed E-state index contributed by atoms with van der Waals surface area (Å²) in [5.41, 5.74) is -0.183. The molecule has 2 rings (SSSR count). The van der Waals surface area contributed by atoms with Crippen LogP contribution in [0.25, 0.3) is 0 Å². The SMILES string of the molecule is CN(C)Cc1c(C(=O)c2cccc(Br)c2)c(=O)n(C)c(=O)n1C. The summed E-state index contributed by atoms with van der Waals surface area (Å²) in [5.74, 6) is -0.389. The Labute approximate surface area is 142 Å². The summed E-state index contributed by atoms with van der Waals surface area (Å²) < 4.78 is 3.07. The molecule has 1 aromatic carbocycles. The molecule has 0 bridgehead atoms. The lowest BCUT2D eigenvalue weighted by molar-refractivity contribution is 0.103. The number of aromatic nitrogens is 2. The highest BCUT2D eigenvalue weighted by molar-refractivity contribution is 9.10. The van der Waals surface area contributed by atoms with Gasteiger partial charge in [-0.05, 0) is 26.2 Å². The Bertz CT molecular complexity index is 881. The van der Waals surface area contributed by atoms with Crippen molar-refractivity contribution in [3.63, 3.8) is 0 Å². The summed E-state index contributed by atoms with van der Waals surface area (Å²) in [7, 11) is 6.57. The second-order valence-corrected chi connectivity index (χ2v) is 6.52. The van der Waals surface area contributed by atoms with Crippen LogP contribution in [-0.4, -0.2) is 33.9 Å². The van der Waals surface area contributed by atoms with E-state index in [0.717, 1.165) is 9.04 Å². The summed E-state index contributed by atoms with van der Waals surface area (Å²) in [6.07, 6.45) is 0. The molecule has 23 heavy (non-hydrogen) atoms. The van der Waals surface area contributed by atoms with Gasteiger partial charge in [0.05, 0.1) is 5.69 Å². The Morgan fingerprint density at radius 1 is 1.17 bits per heavy atom. The van der Waals surface area contributed by atoms with E-state index in [2.05, 4.69) is 15.9 Å². The van der Waals surface area contributed by atoms with Crippen LogP contribution in [0.4, 0.5) is 0 Å². The van der Waals surface area contributed by atoms with Crippen molar-refractivity contribution in [2.24, 2.45) is 14.1 Å².